The normalized spacial score (nSPS) is 10.0. The fourth-order valence-electron chi connectivity index (χ4n) is 1.65. The predicted molar refractivity (Wildman–Crippen MR) is 90.2 cm³/mol. The van der Waals surface area contributed by atoms with E-state index in [-0.39, 0.29) is 16.3 Å². The maximum Gasteiger partial charge on any atom is 0.337 e. The molecule has 3 N–H and O–H groups in total. The number of anilines is 2. The SMILES string of the molecule is O=C(Nc1cccc(I)c1)Nc1ccc(Cl)cc1C(=O)O. The van der Waals surface area contributed by atoms with Gasteiger partial charge in [-0.3, -0.25) is 0 Å². The average molecular weight is 417 g/mol. The van der Waals surface area contributed by atoms with Gasteiger partial charge in [0.05, 0.1) is 11.3 Å². The number of rotatable bonds is 3. The first-order chi connectivity index (χ1) is 9.95. The quantitative estimate of drug-likeness (QED) is 0.653. The van der Waals surface area contributed by atoms with Crippen molar-refractivity contribution in [3.8, 4) is 0 Å². The minimum absolute atomic E-state index is 0.0692. The van der Waals surface area contributed by atoms with Crippen LogP contribution < -0.4 is 10.6 Å². The Morgan fingerprint density at radius 2 is 1.86 bits per heavy atom. The zero-order valence-corrected chi connectivity index (χ0v) is 13.5. The summed E-state index contributed by atoms with van der Waals surface area (Å²) in [4.78, 5) is 23.0. The van der Waals surface area contributed by atoms with Crippen molar-refractivity contribution in [1.29, 1.82) is 0 Å². The van der Waals surface area contributed by atoms with Crippen molar-refractivity contribution < 1.29 is 14.7 Å². The molecule has 0 unspecified atom stereocenters. The molecule has 5 nitrogen and oxygen atoms in total. The Bertz CT molecular complexity index is 706. The van der Waals surface area contributed by atoms with Gasteiger partial charge in [0.25, 0.3) is 0 Å². The van der Waals surface area contributed by atoms with E-state index >= 15 is 0 Å². The molecule has 108 valence electrons. The Morgan fingerprint density at radius 1 is 1.10 bits per heavy atom. The summed E-state index contributed by atoms with van der Waals surface area (Å²) in [6.45, 7) is 0. The van der Waals surface area contributed by atoms with E-state index in [4.69, 9.17) is 16.7 Å². The van der Waals surface area contributed by atoms with Crippen molar-refractivity contribution in [3.63, 3.8) is 0 Å². The third kappa shape index (κ3) is 4.33. The van der Waals surface area contributed by atoms with Crippen LogP contribution in [0.1, 0.15) is 10.4 Å². The number of carboxylic acids is 1. The molecular weight excluding hydrogens is 407 g/mol. The smallest absolute Gasteiger partial charge is 0.337 e. The van der Waals surface area contributed by atoms with Crippen LogP contribution >= 0.6 is 34.2 Å². The van der Waals surface area contributed by atoms with Gasteiger partial charge in [-0.25, -0.2) is 9.59 Å². The molecule has 21 heavy (non-hydrogen) atoms. The number of hydrogen-bond donors (Lipinski definition) is 3. The monoisotopic (exact) mass is 416 g/mol. The number of urea groups is 1. The minimum Gasteiger partial charge on any atom is -0.478 e. The number of carbonyl (C=O) groups is 2. The van der Waals surface area contributed by atoms with E-state index < -0.39 is 12.0 Å². The number of halogens is 2. The van der Waals surface area contributed by atoms with Crippen molar-refractivity contribution in [2.45, 2.75) is 0 Å². The molecule has 0 aliphatic carbocycles. The predicted octanol–water partition coefficient (Wildman–Crippen LogP) is 4.29. The van der Waals surface area contributed by atoms with Crippen molar-refractivity contribution in [1.82, 2.24) is 0 Å². The van der Waals surface area contributed by atoms with Crippen LogP contribution in [0.15, 0.2) is 42.5 Å². The first-order valence-corrected chi connectivity index (χ1v) is 7.28. The first kappa shape index (κ1) is 15.6. The number of benzene rings is 2. The molecule has 0 saturated heterocycles. The van der Waals surface area contributed by atoms with Gasteiger partial charge in [-0.15, -0.1) is 0 Å². The average Bonchev–Trinajstić information content (AvgIpc) is 2.40. The van der Waals surface area contributed by atoms with Gasteiger partial charge in [0.1, 0.15) is 0 Å². The number of hydrogen-bond acceptors (Lipinski definition) is 2. The summed E-state index contributed by atoms with van der Waals surface area (Å²) in [5.74, 6) is -1.16. The lowest BCUT2D eigenvalue weighted by Gasteiger charge is -2.10. The van der Waals surface area contributed by atoms with E-state index in [1.54, 1.807) is 12.1 Å². The highest BCUT2D eigenvalue weighted by atomic mass is 127. The lowest BCUT2D eigenvalue weighted by molar-refractivity contribution is 0.0698. The molecule has 2 amide bonds. The molecule has 0 aliphatic rings. The van der Waals surface area contributed by atoms with Gasteiger partial charge in [-0.2, -0.15) is 0 Å². The molecule has 0 bridgehead atoms. The van der Waals surface area contributed by atoms with E-state index in [9.17, 15) is 9.59 Å². The fourth-order valence-corrected chi connectivity index (χ4v) is 2.37. The Balaban J connectivity index is 2.15. The molecule has 2 aromatic carbocycles. The van der Waals surface area contributed by atoms with E-state index in [0.29, 0.717) is 5.69 Å². The molecule has 0 aromatic heterocycles. The zero-order chi connectivity index (χ0) is 15.4. The molecule has 0 radical (unpaired) electrons. The Labute approximate surface area is 139 Å². The molecule has 0 fully saturated rings. The Hall–Kier alpha value is -1.80. The summed E-state index contributed by atoms with van der Waals surface area (Å²) in [6.07, 6.45) is 0. The Kier molecular flexibility index (Phi) is 5.03. The van der Waals surface area contributed by atoms with Crippen molar-refractivity contribution in [3.05, 3.63) is 56.6 Å². The number of carbonyl (C=O) groups excluding carboxylic acids is 1. The first-order valence-electron chi connectivity index (χ1n) is 5.82. The molecular formula is C14H10ClIN2O3. The standard InChI is InChI=1S/C14H10ClIN2O3/c15-8-4-5-12(11(6-8)13(19)20)18-14(21)17-10-3-1-2-9(16)7-10/h1-7H,(H,19,20)(H2,17,18,21). The molecule has 0 atom stereocenters. The largest absolute Gasteiger partial charge is 0.478 e. The minimum atomic E-state index is -1.16. The zero-order valence-electron chi connectivity index (χ0n) is 10.6. The highest BCUT2D eigenvalue weighted by molar-refractivity contribution is 14.1. The van der Waals surface area contributed by atoms with Crippen LogP contribution in [-0.4, -0.2) is 17.1 Å². The summed E-state index contributed by atoms with van der Waals surface area (Å²) in [6, 6.07) is 10.9. The van der Waals surface area contributed by atoms with E-state index in [0.717, 1.165) is 3.57 Å². The maximum absolute atomic E-state index is 11.9. The van der Waals surface area contributed by atoms with E-state index in [1.807, 2.05) is 12.1 Å². The summed E-state index contributed by atoms with van der Waals surface area (Å²) in [5, 5.41) is 14.5. The lowest BCUT2D eigenvalue weighted by Crippen LogP contribution is -2.21. The summed E-state index contributed by atoms with van der Waals surface area (Å²) < 4.78 is 0.975. The second kappa shape index (κ2) is 6.77. The van der Waals surface area contributed by atoms with Gasteiger partial charge in [0.2, 0.25) is 0 Å². The van der Waals surface area contributed by atoms with Crippen molar-refractivity contribution in [2.75, 3.05) is 10.6 Å². The second-order valence-electron chi connectivity index (χ2n) is 4.08. The molecule has 0 aliphatic heterocycles. The van der Waals surface area contributed by atoms with Crippen LogP contribution in [0.4, 0.5) is 16.2 Å². The van der Waals surface area contributed by atoms with E-state index in [1.165, 1.54) is 18.2 Å². The topological polar surface area (TPSA) is 78.4 Å². The van der Waals surface area contributed by atoms with Crippen LogP contribution in [-0.2, 0) is 0 Å². The van der Waals surface area contributed by atoms with Crippen molar-refractivity contribution in [2.24, 2.45) is 0 Å². The second-order valence-corrected chi connectivity index (χ2v) is 5.77. The van der Waals surface area contributed by atoms with Crippen LogP contribution in [0.5, 0.6) is 0 Å². The number of carboxylic acid groups (broad SMARTS) is 1. The van der Waals surface area contributed by atoms with Gasteiger partial charge < -0.3 is 15.7 Å². The third-order valence-corrected chi connectivity index (χ3v) is 3.45. The third-order valence-electron chi connectivity index (χ3n) is 2.54. The van der Waals surface area contributed by atoms with Crippen LogP contribution in [0, 0.1) is 3.57 Å². The van der Waals surface area contributed by atoms with Crippen LogP contribution in [0.3, 0.4) is 0 Å². The molecule has 0 spiro atoms. The van der Waals surface area contributed by atoms with E-state index in [2.05, 4.69) is 33.2 Å². The van der Waals surface area contributed by atoms with Gasteiger partial charge in [-0.1, -0.05) is 17.7 Å². The molecule has 0 saturated carbocycles. The van der Waals surface area contributed by atoms with Gasteiger partial charge in [0.15, 0.2) is 0 Å². The highest BCUT2D eigenvalue weighted by Crippen LogP contribution is 2.21. The molecule has 0 heterocycles. The highest BCUT2D eigenvalue weighted by Gasteiger charge is 2.13. The molecule has 2 aromatic rings. The van der Waals surface area contributed by atoms with Gasteiger partial charge >= 0.3 is 12.0 Å². The number of nitrogens with one attached hydrogen (secondary N) is 2. The number of aromatic carboxylic acids is 1. The van der Waals surface area contributed by atoms with Crippen molar-refractivity contribution >= 4 is 57.6 Å². The lowest BCUT2D eigenvalue weighted by atomic mass is 10.2. The summed E-state index contributed by atoms with van der Waals surface area (Å²) in [7, 11) is 0. The fraction of sp³-hybridized carbons (Fsp3) is 0. The molecule has 7 heteroatoms. The maximum atomic E-state index is 11.9. The van der Waals surface area contributed by atoms with Crippen LogP contribution in [0.2, 0.25) is 5.02 Å². The van der Waals surface area contributed by atoms with Crippen LogP contribution in [0.25, 0.3) is 0 Å². The molecule has 2 rings (SSSR count). The summed E-state index contributed by atoms with van der Waals surface area (Å²) >= 11 is 7.88. The Morgan fingerprint density at radius 3 is 2.52 bits per heavy atom. The number of amides is 2. The van der Waals surface area contributed by atoms with Gasteiger partial charge in [0, 0.05) is 14.3 Å². The van der Waals surface area contributed by atoms with Gasteiger partial charge in [-0.05, 0) is 59.0 Å². The summed E-state index contributed by atoms with van der Waals surface area (Å²) in [5.41, 5.74) is 0.723.